The van der Waals surface area contributed by atoms with Gasteiger partial charge in [0.25, 0.3) is 0 Å². The quantitative estimate of drug-likeness (QED) is 0.931. The summed E-state index contributed by atoms with van der Waals surface area (Å²) in [6.45, 7) is 1.60. The predicted octanol–water partition coefficient (Wildman–Crippen LogP) is 2.65. The third-order valence-corrected chi connectivity index (χ3v) is 2.90. The van der Waals surface area contributed by atoms with E-state index in [2.05, 4.69) is 15.3 Å². The van der Waals surface area contributed by atoms with Crippen molar-refractivity contribution in [3.63, 3.8) is 0 Å². The Bertz CT molecular complexity index is 632. The van der Waals surface area contributed by atoms with Crippen molar-refractivity contribution in [2.75, 3.05) is 26.6 Å². The Hall–Kier alpha value is -2.37. The van der Waals surface area contributed by atoms with Crippen LogP contribution in [0, 0.1) is 12.7 Å². The maximum Gasteiger partial charge on any atom is 0.186 e. The molecule has 1 aromatic carbocycles. The van der Waals surface area contributed by atoms with Gasteiger partial charge in [0, 0.05) is 12.6 Å². The first-order valence-electron chi connectivity index (χ1n) is 6.05. The molecule has 0 amide bonds. The molecule has 0 saturated heterocycles. The van der Waals surface area contributed by atoms with E-state index in [1.807, 2.05) is 0 Å². The maximum atomic E-state index is 13.7. The van der Waals surface area contributed by atoms with Crippen molar-refractivity contribution in [1.82, 2.24) is 9.97 Å². The summed E-state index contributed by atoms with van der Waals surface area (Å²) in [7, 11) is 4.73. The van der Waals surface area contributed by atoms with E-state index in [-0.39, 0.29) is 11.5 Å². The van der Waals surface area contributed by atoms with Gasteiger partial charge in [-0.3, -0.25) is 0 Å². The molecule has 20 heavy (non-hydrogen) atoms. The number of ether oxygens (including phenoxy) is 2. The van der Waals surface area contributed by atoms with E-state index in [4.69, 9.17) is 9.47 Å². The number of methoxy groups -OCH3 is 2. The fraction of sp³-hybridized carbons (Fsp3) is 0.286. The Balaban J connectivity index is 2.54. The molecule has 6 heteroatoms. The summed E-state index contributed by atoms with van der Waals surface area (Å²) in [5, 5.41) is 2.72. The fourth-order valence-corrected chi connectivity index (χ4v) is 1.83. The van der Waals surface area contributed by atoms with Gasteiger partial charge in [-0.25, -0.2) is 14.4 Å². The average molecular weight is 277 g/mol. The highest BCUT2D eigenvalue weighted by Gasteiger charge is 2.13. The smallest absolute Gasteiger partial charge is 0.186 e. The van der Waals surface area contributed by atoms with E-state index < -0.39 is 5.82 Å². The highest BCUT2D eigenvalue weighted by Crippen LogP contribution is 2.31. The van der Waals surface area contributed by atoms with E-state index in [1.54, 1.807) is 46.4 Å². The summed E-state index contributed by atoms with van der Waals surface area (Å²) >= 11 is 0. The molecule has 106 valence electrons. The van der Waals surface area contributed by atoms with Crippen LogP contribution < -0.4 is 14.8 Å². The minimum atomic E-state index is -0.447. The Kier molecular flexibility index (Phi) is 4.02. The number of aromatic nitrogens is 2. The third-order valence-electron chi connectivity index (χ3n) is 2.90. The molecule has 0 atom stereocenters. The average Bonchev–Trinajstić information content (AvgIpc) is 2.49. The molecule has 0 spiro atoms. The van der Waals surface area contributed by atoms with Crippen LogP contribution in [0.3, 0.4) is 0 Å². The first-order chi connectivity index (χ1) is 9.60. The van der Waals surface area contributed by atoms with Crippen molar-refractivity contribution >= 4 is 5.82 Å². The SMILES string of the molecule is CNc1nc(-c2ccc(OC)c(OC)c2)nc(C)c1F. The van der Waals surface area contributed by atoms with Crippen molar-refractivity contribution < 1.29 is 13.9 Å². The Morgan fingerprint density at radius 2 is 1.80 bits per heavy atom. The number of nitrogens with zero attached hydrogens (tertiary/aromatic N) is 2. The molecule has 1 aromatic heterocycles. The van der Waals surface area contributed by atoms with Crippen LogP contribution >= 0.6 is 0 Å². The summed E-state index contributed by atoms with van der Waals surface area (Å²) in [6.07, 6.45) is 0. The molecule has 5 nitrogen and oxygen atoms in total. The lowest BCUT2D eigenvalue weighted by Crippen LogP contribution is -2.03. The molecule has 1 N–H and O–H groups in total. The molecule has 2 aromatic rings. The van der Waals surface area contributed by atoms with Crippen molar-refractivity contribution in [3.05, 3.63) is 29.7 Å². The molecule has 0 bridgehead atoms. The molecule has 0 unspecified atom stereocenters. The van der Waals surface area contributed by atoms with E-state index in [9.17, 15) is 4.39 Å². The summed E-state index contributed by atoms with van der Waals surface area (Å²) in [5.41, 5.74) is 1.01. The zero-order valence-electron chi connectivity index (χ0n) is 11.8. The molecular formula is C14H16FN3O2. The third kappa shape index (κ3) is 2.49. The van der Waals surface area contributed by atoms with E-state index in [0.29, 0.717) is 17.3 Å². The number of hydrogen-bond acceptors (Lipinski definition) is 5. The van der Waals surface area contributed by atoms with Gasteiger partial charge >= 0.3 is 0 Å². The lowest BCUT2D eigenvalue weighted by atomic mass is 10.2. The summed E-state index contributed by atoms with van der Waals surface area (Å²) < 4.78 is 24.1. The Morgan fingerprint density at radius 3 is 2.40 bits per heavy atom. The van der Waals surface area contributed by atoms with E-state index >= 15 is 0 Å². The van der Waals surface area contributed by atoms with Crippen molar-refractivity contribution in [1.29, 1.82) is 0 Å². The number of nitrogens with one attached hydrogen (secondary N) is 1. The van der Waals surface area contributed by atoms with Crippen molar-refractivity contribution in [2.24, 2.45) is 0 Å². The van der Waals surface area contributed by atoms with Crippen molar-refractivity contribution in [2.45, 2.75) is 6.92 Å². The molecule has 0 fully saturated rings. The zero-order chi connectivity index (χ0) is 14.7. The first-order valence-corrected chi connectivity index (χ1v) is 6.05. The molecule has 0 saturated carbocycles. The molecular weight excluding hydrogens is 261 g/mol. The van der Waals surface area contributed by atoms with Gasteiger partial charge in [0.2, 0.25) is 0 Å². The predicted molar refractivity (Wildman–Crippen MR) is 74.8 cm³/mol. The van der Waals surface area contributed by atoms with E-state index in [1.165, 1.54) is 0 Å². The van der Waals surface area contributed by atoms with Gasteiger partial charge in [-0.05, 0) is 25.1 Å². The normalized spacial score (nSPS) is 10.2. The largest absolute Gasteiger partial charge is 0.493 e. The molecule has 0 aliphatic rings. The van der Waals surface area contributed by atoms with Gasteiger partial charge in [0.15, 0.2) is 29.0 Å². The number of rotatable bonds is 4. The number of hydrogen-bond donors (Lipinski definition) is 1. The van der Waals surface area contributed by atoms with Crippen LogP contribution in [0.4, 0.5) is 10.2 Å². The molecule has 0 aliphatic heterocycles. The topological polar surface area (TPSA) is 56.3 Å². The lowest BCUT2D eigenvalue weighted by Gasteiger charge is -2.10. The Labute approximate surface area is 116 Å². The Morgan fingerprint density at radius 1 is 1.10 bits per heavy atom. The second-order valence-electron chi connectivity index (χ2n) is 4.11. The second kappa shape index (κ2) is 5.73. The zero-order valence-corrected chi connectivity index (χ0v) is 11.8. The van der Waals surface area contributed by atoms with Gasteiger partial charge in [-0.2, -0.15) is 0 Å². The van der Waals surface area contributed by atoms with Crippen LogP contribution in [-0.4, -0.2) is 31.2 Å². The fourth-order valence-electron chi connectivity index (χ4n) is 1.83. The summed E-state index contributed by atoms with van der Waals surface area (Å²) in [6, 6.07) is 5.31. The van der Waals surface area contributed by atoms with Crippen LogP contribution in [0.5, 0.6) is 11.5 Å². The highest BCUT2D eigenvalue weighted by atomic mass is 19.1. The maximum absolute atomic E-state index is 13.7. The standard InChI is InChI=1S/C14H16FN3O2/c1-8-12(15)14(16-2)18-13(17-8)9-5-6-10(19-3)11(7-9)20-4/h5-7H,1-4H3,(H,16,17,18). The van der Waals surface area contributed by atoms with Crippen LogP contribution in [0.15, 0.2) is 18.2 Å². The minimum absolute atomic E-state index is 0.169. The number of anilines is 1. The van der Waals surface area contributed by atoms with Crippen LogP contribution in [-0.2, 0) is 0 Å². The van der Waals surface area contributed by atoms with Crippen LogP contribution in [0.25, 0.3) is 11.4 Å². The molecule has 0 radical (unpaired) electrons. The van der Waals surface area contributed by atoms with Crippen molar-refractivity contribution in [3.8, 4) is 22.9 Å². The van der Waals surface area contributed by atoms with Gasteiger partial charge < -0.3 is 14.8 Å². The minimum Gasteiger partial charge on any atom is -0.493 e. The molecule has 1 heterocycles. The second-order valence-corrected chi connectivity index (χ2v) is 4.11. The lowest BCUT2D eigenvalue weighted by molar-refractivity contribution is 0.355. The highest BCUT2D eigenvalue weighted by molar-refractivity contribution is 5.62. The van der Waals surface area contributed by atoms with Gasteiger partial charge in [0.05, 0.1) is 19.9 Å². The van der Waals surface area contributed by atoms with Crippen LogP contribution in [0.2, 0.25) is 0 Å². The summed E-state index contributed by atoms with van der Waals surface area (Å²) in [4.78, 5) is 8.32. The van der Waals surface area contributed by atoms with Gasteiger partial charge in [-0.1, -0.05) is 0 Å². The molecule has 2 rings (SSSR count). The first kappa shape index (κ1) is 14.0. The molecule has 0 aliphatic carbocycles. The van der Waals surface area contributed by atoms with E-state index in [0.717, 1.165) is 5.56 Å². The monoisotopic (exact) mass is 277 g/mol. The van der Waals surface area contributed by atoms with Crippen LogP contribution in [0.1, 0.15) is 5.69 Å². The number of halogens is 1. The van der Waals surface area contributed by atoms with Gasteiger partial charge in [0.1, 0.15) is 0 Å². The van der Waals surface area contributed by atoms with Gasteiger partial charge in [-0.15, -0.1) is 0 Å². The number of benzene rings is 1. The number of aryl methyl sites for hydroxylation is 1. The summed E-state index contributed by atoms with van der Waals surface area (Å²) in [5.74, 6) is 1.33.